The highest BCUT2D eigenvalue weighted by Gasteiger charge is 2.18. The second kappa shape index (κ2) is 5.38. The fourth-order valence-corrected chi connectivity index (χ4v) is 2.12. The molecule has 1 amide bonds. The molecule has 5 heteroatoms. The molecule has 17 heavy (non-hydrogen) atoms. The number of hydrogen-bond donors (Lipinski definition) is 2. The molecular weight excluding hydrogens is 240 g/mol. The first kappa shape index (κ1) is 12.2. The van der Waals surface area contributed by atoms with E-state index >= 15 is 0 Å². The Kier molecular flexibility index (Phi) is 3.86. The molecular formula is C12H15ClN2O2. The molecule has 2 rings (SSSR count). The first-order valence-corrected chi connectivity index (χ1v) is 6.05. The van der Waals surface area contributed by atoms with Crippen molar-refractivity contribution in [3.8, 4) is 0 Å². The van der Waals surface area contributed by atoms with Crippen molar-refractivity contribution in [2.24, 2.45) is 0 Å². The van der Waals surface area contributed by atoms with Crippen LogP contribution in [0.15, 0.2) is 18.2 Å². The summed E-state index contributed by atoms with van der Waals surface area (Å²) in [6.45, 7) is 0. The molecule has 1 aromatic carbocycles. The van der Waals surface area contributed by atoms with Gasteiger partial charge < -0.3 is 5.73 Å². The van der Waals surface area contributed by atoms with Gasteiger partial charge in [0, 0.05) is 10.7 Å². The number of nitrogens with two attached hydrogens (primary N) is 1. The van der Waals surface area contributed by atoms with Gasteiger partial charge in [0.05, 0.1) is 11.7 Å². The molecule has 0 aliphatic heterocycles. The van der Waals surface area contributed by atoms with Gasteiger partial charge in [-0.25, -0.2) is 5.48 Å². The van der Waals surface area contributed by atoms with Crippen LogP contribution in [0.1, 0.15) is 36.0 Å². The Morgan fingerprint density at radius 3 is 2.76 bits per heavy atom. The lowest BCUT2D eigenvalue weighted by Gasteiger charge is -2.12. The van der Waals surface area contributed by atoms with Crippen molar-refractivity contribution in [2.75, 3.05) is 5.73 Å². The van der Waals surface area contributed by atoms with Gasteiger partial charge in [0.1, 0.15) is 0 Å². The molecule has 0 unspecified atom stereocenters. The lowest BCUT2D eigenvalue weighted by atomic mass is 10.2. The smallest absolute Gasteiger partial charge is 0.276 e. The summed E-state index contributed by atoms with van der Waals surface area (Å²) in [5, 5.41) is 0.510. The van der Waals surface area contributed by atoms with Crippen LogP contribution in [-0.4, -0.2) is 12.0 Å². The number of nitrogens with one attached hydrogen (secondary N) is 1. The van der Waals surface area contributed by atoms with E-state index in [0.717, 1.165) is 25.7 Å². The Morgan fingerprint density at radius 2 is 2.12 bits per heavy atom. The number of nitrogen functional groups attached to an aromatic ring is 1. The van der Waals surface area contributed by atoms with E-state index in [1.807, 2.05) is 0 Å². The molecule has 0 radical (unpaired) electrons. The first-order valence-electron chi connectivity index (χ1n) is 5.68. The van der Waals surface area contributed by atoms with E-state index in [4.69, 9.17) is 22.2 Å². The maximum atomic E-state index is 11.8. The minimum Gasteiger partial charge on any atom is -0.398 e. The van der Waals surface area contributed by atoms with Crippen molar-refractivity contribution in [1.82, 2.24) is 5.48 Å². The Bertz CT molecular complexity index is 417. The van der Waals surface area contributed by atoms with E-state index in [2.05, 4.69) is 5.48 Å². The number of benzene rings is 1. The van der Waals surface area contributed by atoms with Gasteiger partial charge in [-0.2, -0.15) is 0 Å². The normalized spacial score (nSPS) is 16.1. The minimum atomic E-state index is -0.328. The summed E-state index contributed by atoms with van der Waals surface area (Å²) in [6.07, 6.45) is 4.44. The molecule has 1 aliphatic rings. The number of anilines is 1. The predicted octanol–water partition coefficient (Wildman–Crippen LogP) is 2.53. The van der Waals surface area contributed by atoms with Crippen molar-refractivity contribution in [2.45, 2.75) is 31.8 Å². The molecule has 1 aliphatic carbocycles. The summed E-state index contributed by atoms with van der Waals surface area (Å²) in [7, 11) is 0. The highest BCUT2D eigenvalue weighted by molar-refractivity contribution is 6.31. The number of hydrogen-bond acceptors (Lipinski definition) is 3. The molecule has 0 spiro atoms. The molecule has 0 aromatic heterocycles. The third kappa shape index (κ3) is 3.11. The second-order valence-corrected chi connectivity index (χ2v) is 4.62. The van der Waals surface area contributed by atoms with Gasteiger partial charge in [-0.05, 0) is 31.0 Å². The van der Waals surface area contributed by atoms with Gasteiger partial charge in [0.15, 0.2) is 0 Å². The average Bonchev–Trinajstić information content (AvgIpc) is 2.78. The quantitative estimate of drug-likeness (QED) is 0.644. The molecule has 1 saturated carbocycles. The number of rotatable bonds is 3. The van der Waals surface area contributed by atoms with Crippen LogP contribution in [0.25, 0.3) is 0 Å². The second-order valence-electron chi connectivity index (χ2n) is 4.19. The minimum absolute atomic E-state index is 0.132. The Hall–Kier alpha value is -1.26. The number of carbonyl (C=O) groups excluding carboxylic acids is 1. The van der Waals surface area contributed by atoms with E-state index in [9.17, 15) is 4.79 Å². The Labute approximate surface area is 105 Å². The summed E-state index contributed by atoms with van der Waals surface area (Å²) in [5.41, 5.74) is 8.88. The van der Waals surface area contributed by atoms with Crippen molar-refractivity contribution >= 4 is 23.2 Å². The van der Waals surface area contributed by atoms with Crippen molar-refractivity contribution in [3.05, 3.63) is 28.8 Å². The zero-order valence-electron chi connectivity index (χ0n) is 9.41. The fraction of sp³-hybridized carbons (Fsp3) is 0.417. The average molecular weight is 255 g/mol. The summed E-state index contributed by atoms with van der Waals surface area (Å²) in [5.74, 6) is -0.328. The van der Waals surface area contributed by atoms with Crippen LogP contribution in [0.2, 0.25) is 5.02 Å². The van der Waals surface area contributed by atoms with Crippen molar-refractivity contribution in [3.63, 3.8) is 0 Å². The number of carbonyl (C=O) groups is 1. The van der Waals surface area contributed by atoms with Gasteiger partial charge in [-0.15, -0.1) is 0 Å². The third-order valence-electron chi connectivity index (χ3n) is 2.88. The van der Waals surface area contributed by atoms with Crippen LogP contribution < -0.4 is 11.2 Å². The number of halogens is 1. The lowest BCUT2D eigenvalue weighted by Crippen LogP contribution is -2.28. The maximum absolute atomic E-state index is 11.8. The largest absolute Gasteiger partial charge is 0.398 e. The zero-order valence-corrected chi connectivity index (χ0v) is 10.2. The fourth-order valence-electron chi connectivity index (χ4n) is 1.94. The highest BCUT2D eigenvalue weighted by atomic mass is 35.5. The van der Waals surface area contributed by atoms with E-state index < -0.39 is 0 Å². The van der Waals surface area contributed by atoms with Crippen LogP contribution in [0.3, 0.4) is 0 Å². The molecule has 3 N–H and O–H groups in total. The first-order chi connectivity index (χ1) is 8.16. The van der Waals surface area contributed by atoms with Gasteiger partial charge in [-0.1, -0.05) is 24.4 Å². The van der Waals surface area contributed by atoms with E-state index in [1.54, 1.807) is 18.2 Å². The summed E-state index contributed by atoms with van der Waals surface area (Å²) >= 11 is 5.76. The van der Waals surface area contributed by atoms with Crippen molar-refractivity contribution in [1.29, 1.82) is 0 Å². The highest BCUT2D eigenvalue weighted by Crippen LogP contribution is 2.21. The SMILES string of the molecule is Nc1cc(Cl)ccc1C(=O)NOC1CCCC1. The third-order valence-corrected chi connectivity index (χ3v) is 3.11. The predicted molar refractivity (Wildman–Crippen MR) is 66.7 cm³/mol. The van der Waals surface area contributed by atoms with E-state index in [0.29, 0.717) is 16.3 Å². The molecule has 0 bridgehead atoms. The van der Waals surface area contributed by atoms with Gasteiger partial charge in [0.2, 0.25) is 0 Å². The zero-order chi connectivity index (χ0) is 12.3. The summed E-state index contributed by atoms with van der Waals surface area (Å²) in [4.78, 5) is 17.1. The standard InChI is InChI=1S/C12H15ClN2O2/c13-8-5-6-10(11(14)7-8)12(16)15-17-9-3-1-2-4-9/h5-7,9H,1-4,14H2,(H,15,16). The van der Waals surface area contributed by atoms with Gasteiger partial charge in [0.25, 0.3) is 5.91 Å². The topological polar surface area (TPSA) is 64.4 Å². The molecule has 1 aromatic rings. The summed E-state index contributed by atoms with van der Waals surface area (Å²) < 4.78 is 0. The molecule has 0 atom stereocenters. The molecule has 92 valence electrons. The molecule has 4 nitrogen and oxygen atoms in total. The Morgan fingerprint density at radius 1 is 1.41 bits per heavy atom. The lowest BCUT2D eigenvalue weighted by molar-refractivity contribution is -0.0124. The molecule has 0 heterocycles. The monoisotopic (exact) mass is 254 g/mol. The van der Waals surface area contributed by atoms with Crippen LogP contribution >= 0.6 is 11.6 Å². The maximum Gasteiger partial charge on any atom is 0.276 e. The number of amides is 1. The van der Waals surface area contributed by atoms with Crippen LogP contribution in [0.5, 0.6) is 0 Å². The van der Waals surface area contributed by atoms with Crippen LogP contribution in [-0.2, 0) is 4.84 Å². The van der Waals surface area contributed by atoms with E-state index in [1.165, 1.54) is 0 Å². The number of hydroxylamine groups is 1. The van der Waals surface area contributed by atoms with Gasteiger partial charge in [-0.3, -0.25) is 9.63 Å². The summed E-state index contributed by atoms with van der Waals surface area (Å²) in [6, 6.07) is 4.76. The van der Waals surface area contributed by atoms with Crippen LogP contribution in [0.4, 0.5) is 5.69 Å². The van der Waals surface area contributed by atoms with Crippen molar-refractivity contribution < 1.29 is 9.63 Å². The Balaban J connectivity index is 1.94. The molecule has 0 saturated heterocycles. The van der Waals surface area contributed by atoms with E-state index in [-0.39, 0.29) is 12.0 Å². The van der Waals surface area contributed by atoms with Crippen LogP contribution in [0, 0.1) is 0 Å². The molecule has 1 fully saturated rings. The van der Waals surface area contributed by atoms with Gasteiger partial charge >= 0.3 is 0 Å².